The van der Waals surface area contributed by atoms with Crippen molar-refractivity contribution in [3.8, 4) is 0 Å². The third-order valence-corrected chi connectivity index (χ3v) is 4.69. The third-order valence-electron chi connectivity index (χ3n) is 4.34. The minimum Gasteiger partial charge on any atom is -0.396 e. The predicted molar refractivity (Wildman–Crippen MR) is 100 cm³/mol. The van der Waals surface area contributed by atoms with E-state index in [-0.39, 0.29) is 12.4 Å². The molecule has 25 heavy (non-hydrogen) atoms. The molecule has 0 aliphatic rings. The quantitative estimate of drug-likeness (QED) is 0.586. The van der Waals surface area contributed by atoms with E-state index in [4.69, 9.17) is 16.7 Å². The second-order valence-corrected chi connectivity index (χ2v) is 6.51. The maximum Gasteiger partial charge on any atom is 0.129 e. The number of rotatable bonds is 8. The lowest BCUT2D eigenvalue weighted by molar-refractivity contribution is 0.283. The molecule has 132 valence electrons. The first-order valence-electron chi connectivity index (χ1n) is 8.52. The van der Waals surface area contributed by atoms with Gasteiger partial charge in [0.1, 0.15) is 5.82 Å². The van der Waals surface area contributed by atoms with Crippen LogP contribution in [0.15, 0.2) is 48.7 Å². The molecule has 2 N–H and O–H groups in total. The Hall–Kier alpha value is -1.88. The van der Waals surface area contributed by atoms with Crippen LogP contribution in [0.2, 0.25) is 5.02 Å². The summed E-state index contributed by atoms with van der Waals surface area (Å²) in [6.07, 6.45) is 3.81. The molecule has 0 saturated heterocycles. The number of aromatic nitrogens is 1. The molecule has 0 atom stereocenters. The average molecular weight is 361 g/mol. The lowest BCUT2D eigenvalue weighted by atomic mass is 10.1. The summed E-state index contributed by atoms with van der Waals surface area (Å²) in [5, 5.41) is 13.8. The monoisotopic (exact) mass is 360 g/mol. The van der Waals surface area contributed by atoms with Gasteiger partial charge in [0.25, 0.3) is 0 Å². The first-order chi connectivity index (χ1) is 12.2. The number of aliphatic hydroxyl groups is 1. The molecule has 1 heterocycles. The maximum absolute atomic E-state index is 14.1. The van der Waals surface area contributed by atoms with Crippen molar-refractivity contribution in [3.63, 3.8) is 0 Å². The van der Waals surface area contributed by atoms with Crippen LogP contribution in [-0.2, 0) is 13.1 Å². The highest BCUT2D eigenvalue weighted by molar-refractivity contribution is 6.31. The van der Waals surface area contributed by atoms with Gasteiger partial charge in [-0.25, -0.2) is 4.39 Å². The summed E-state index contributed by atoms with van der Waals surface area (Å²) in [6, 6.07) is 12.9. The summed E-state index contributed by atoms with van der Waals surface area (Å²) >= 11 is 6.18. The Balaban J connectivity index is 1.84. The van der Waals surface area contributed by atoms with Crippen LogP contribution in [0.4, 0.5) is 4.39 Å². The Morgan fingerprint density at radius 3 is 2.72 bits per heavy atom. The molecule has 0 bridgehead atoms. The number of halogens is 2. The van der Waals surface area contributed by atoms with Crippen molar-refractivity contribution in [1.29, 1.82) is 0 Å². The van der Waals surface area contributed by atoms with Crippen LogP contribution in [0, 0.1) is 5.82 Å². The van der Waals surface area contributed by atoms with Gasteiger partial charge in [-0.2, -0.15) is 0 Å². The van der Waals surface area contributed by atoms with Crippen molar-refractivity contribution in [2.45, 2.75) is 25.9 Å². The Morgan fingerprint density at radius 1 is 1.08 bits per heavy atom. The van der Waals surface area contributed by atoms with Crippen molar-refractivity contribution in [2.75, 3.05) is 13.2 Å². The minimum atomic E-state index is -0.283. The highest BCUT2D eigenvalue weighted by Gasteiger charge is 2.12. The first-order valence-corrected chi connectivity index (χ1v) is 8.89. The summed E-state index contributed by atoms with van der Waals surface area (Å²) in [6.45, 7) is 2.23. The van der Waals surface area contributed by atoms with Crippen LogP contribution in [-0.4, -0.2) is 22.8 Å². The number of benzene rings is 2. The van der Waals surface area contributed by atoms with Gasteiger partial charge in [-0.05, 0) is 43.1 Å². The largest absolute Gasteiger partial charge is 0.396 e. The van der Waals surface area contributed by atoms with Crippen molar-refractivity contribution in [2.24, 2.45) is 0 Å². The number of aliphatic hydroxyl groups excluding tert-OH is 1. The molecule has 1 aromatic heterocycles. The Morgan fingerprint density at radius 2 is 1.92 bits per heavy atom. The zero-order valence-corrected chi connectivity index (χ0v) is 14.8. The van der Waals surface area contributed by atoms with Gasteiger partial charge in [0.05, 0.1) is 6.54 Å². The number of unbranched alkanes of at least 4 members (excludes halogenated alkanes) is 1. The van der Waals surface area contributed by atoms with E-state index in [0.29, 0.717) is 17.1 Å². The van der Waals surface area contributed by atoms with Gasteiger partial charge >= 0.3 is 0 Å². The van der Waals surface area contributed by atoms with Gasteiger partial charge in [-0.1, -0.05) is 35.9 Å². The molecular formula is C20H22ClFN2O. The van der Waals surface area contributed by atoms with Gasteiger partial charge in [0.2, 0.25) is 0 Å². The number of hydrogen-bond acceptors (Lipinski definition) is 2. The molecule has 0 amide bonds. The van der Waals surface area contributed by atoms with Crippen molar-refractivity contribution < 1.29 is 9.50 Å². The molecular weight excluding hydrogens is 339 g/mol. The molecule has 0 aliphatic carbocycles. The lowest BCUT2D eigenvalue weighted by Gasteiger charge is -2.08. The maximum atomic E-state index is 14.1. The molecule has 3 aromatic rings. The second-order valence-electron chi connectivity index (χ2n) is 6.11. The molecule has 0 radical (unpaired) electrons. The second kappa shape index (κ2) is 8.48. The predicted octanol–water partition coefficient (Wildman–Crippen LogP) is 4.34. The van der Waals surface area contributed by atoms with Crippen LogP contribution < -0.4 is 5.32 Å². The van der Waals surface area contributed by atoms with E-state index < -0.39 is 0 Å². The number of hydrogen-bond donors (Lipinski definition) is 2. The average Bonchev–Trinajstić information content (AvgIpc) is 2.96. The minimum absolute atomic E-state index is 0.227. The fraction of sp³-hybridized carbons (Fsp3) is 0.300. The van der Waals surface area contributed by atoms with E-state index in [9.17, 15) is 4.39 Å². The van der Waals surface area contributed by atoms with Crippen molar-refractivity contribution >= 4 is 22.5 Å². The highest BCUT2D eigenvalue weighted by Crippen LogP contribution is 2.25. The van der Waals surface area contributed by atoms with Crippen molar-refractivity contribution in [3.05, 3.63) is 70.6 Å². The zero-order chi connectivity index (χ0) is 17.6. The number of nitrogens with zero attached hydrogens (tertiary/aromatic N) is 1. The summed E-state index contributed by atoms with van der Waals surface area (Å²) in [4.78, 5) is 0. The molecule has 0 spiro atoms. The summed E-state index contributed by atoms with van der Waals surface area (Å²) in [7, 11) is 0. The normalized spacial score (nSPS) is 11.3. The molecule has 5 heteroatoms. The molecule has 0 fully saturated rings. The van der Waals surface area contributed by atoms with E-state index in [2.05, 4.69) is 17.6 Å². The summed E-state index contributed by atoms with van der Waals surface area (Å²) < 4.78 is 16.2. The van der Waals surface area contributed by atoms with E-state index in [1.807, 2.05) is 22.8 Å². The van der Waals surface area contributed by atoms with Gasteiger partial charge in [0.15, 0.2) is 0 Å². The Labute approximate surface area is 152 Å². The highest BCUT2D eigenvalue weighted by atomic mass is 35.5. The fourth-order valence-electron chi connectivity index (χ4n) is 3.03. The first kappa shape index (κ1) is 17.9. The van der Waals surface area contributed by atoms with Gasteiger partial charge in [0, 0.05) is 40.8 Å². The molecule has 0 saturated carbocycles. The lowest BCUT2D eigenvalue weighted by Crippen LogP contribution is -2.14. The fourth-order valence-corrected chi connectivity index (χ4v) is 3.26. The molecule has 3 nitrogen and oxygen atoms in total. The molecule has 3 rings (SSSR count). The smallest absolute Gasteiger partial charge is 0.129 e. The Bertz CT molecular complexity index is 827. The van der Waals surface area contributed by atoms with Crippen LogP contribution >= 0.6 is 11.6 Å². The van der Waals surface area contributed by atoms with Gasteiger partial charge < -0.3 is 15.0 Å². The van der Waals surface area contributed by atoms with Gasteiger partial charge in [-0.15, -0.1) is 0 Å². The summed E-state index contributed by atoms with van der Waals surface area (Å²) in [5.41, 5.74) is 2.74. The van der Waals surface area contributed by atoms with E-state index in [1.165, 1.54) is 11.6 Å². The van der Waals surface area contributed by atoms with Gasteiger partial charge in [-0.3, -0.25) is 0 Å². The van der Waals surface area contributed by atoms with E-state index in [1.54, 1.807) is 12.1 Å². The van der Waals surface area contributed by atoms with E-state index >= 15 is 0 Å². The molecule has 0 aliphatic heterocycles. The van der Waals surface area contributed by atoms with Crippen LogP contribution in [0.1, 0.15) is 24.0 Å². The SMILES string of the molecule is OCCCCNCc1cn(Cc2c(F)cccc2Cl)c2ccccc12. The Kier molecular flexibility index (Phi) is 6.08. The molecule has 0 unspecified atom stereocenters. The summed E-state index contributed by atoms with van der Waals surface area (Å²) in [5.74, 6) is -0.283. The number of fused-ring (bicyclic) bond motifs is 1. The number of para-hydroxylation sites is 1. The third kappa shape index (κ3) is 4.21. The molecule has 2 aromatic carbocycles. The zero-order valence-electron chi connectivity index (χ0n) is 14.0. The number of nitrogens with one attached hydrogen (secondary N) is 1. The topological polar surface area (TPSA) is 37.2 Å². The van der Waals surface area contributed by atoms with Crippen molar-refractivity contribution in [1.82, 2.24) is 9.88 Å². The standard InChI is InChI=1S/C20H22ClFN2O/c21-18-7-5-8-19(22)17(18)14-24-13-15(12-23-10-3-4-11-25)16-6-1-2-9-20(16)24/h1-2,5-9,13,23,25H,3-4,10-12,14H2. The van der Waals surface area contributed by atoms with Crippen LogP contribution in [0.25, 0.3) is 10.9 Å². The van der Waals surface area contributed by atoms with Crippen LogP contribution in [0.5, 0.6) is 0 Å². The van der Waals surface area contributed by atoms with Crippen LogP contribution in [0.3, 0.4) is 0 Å². The van der Waals surface area contributed by atoms with E-state index in [0.717, 1.165) is 36.8 Å².